The van der Waals surface area contributed by atoms with Crippen LogP contribution in [0.3, 0.4) is 0 Å². The lowest BCUT2D eigenvalue weighted by Gasteiger charge is -1.88. The van der Waals surface area contributed by atoms with E-state index in [1.807, 2.05) is 19.9 Å². The quantitative estimate of drug-likeness (QED) is 0.315. The van der Waals surface area contributed by atoms with Crippen molar-refractivity contribution in [3.8, 4) is 0 Å². The Morgan fingerprint density at radius 2 is 2.12 bits per heavy atom. The summed E-state index contributed by atoms with van der Waals surface area (Å²) in [5, 5.41) is 6.82. The molecule has 0 heterocycles. The Labute approximate surface area is 49.9 Å². The van der Waals surface area contributed by atoms with Gasteiger partial charge in [0, 0.05) is 6.42 Å². The molecule has 0 aliphatic carbocycles. The van der Waals surface area contributed by atoms with Crippen molar-refractivity contribution in [1.29, 1.82) is 5.41 Å². The Morgan fingerprint density at radius 3 is 2.25 bits per heavy atom. The van der Waals surface area contributed by atoms with E-state index in [4.69, 9.17) is 11.1 Å². The SMILES string of the molecule is CC(C)=CCC(=N)N. The van der Waals surface area contributed by atoms with Crippen LogP contribution >= 0.6 is 0 Å². The lowest BCUT2D eigenvalue weighted by molar-refractivity contribution is 1.26. The molecule has 2 heteroatoms. The molecule has 3 N–H and O–H groups in total. The van der Waals surface area contributed by atoms with Crippen LogP contribution in [0.5, 0.6) is 0 Å². The third-order valence-electron chi connectivity index (χ3n) is 0.730. The monoisotopic (exact) mass is 112 g/mol. The van der Waals surface area contributed by atoms with Crippen molar-refractivity contribution >= 4 is 5.84 Å². The van der Waals surface area contributed by atoms with Gasteiger partial charge in [-0.2, -0.15) is 0 Å². The maximum Gasteiger partial charge on any atom is 0.0943 e. The van der Waals surface area contributed by atoms with Crippen LogP contribution in [0, 0.1) is 5.41 Å². The van der Waals surface area contributed by atoms with Gasteiger partial charge in [0.05, 0.1) is 5.84 Å². The molecule has 8 heavy (non-hydrogen) atoms. The Hall–Kier alpha value is -0.790. The highest BCUT2D eigenvalue weighted by Crippen LogP contribution is 1.90. The van der Waals surface area contributed by atoms with E-state index in [-0.39, 0.29) is 5.84 Å². The standard InChI is InChI=1S/C6H12N2/c1-5(2)3-4-6(7)8/h3H,4H2,1-2H3,(H3,7,8). The first-order valence-corrected chi connectivity index (χ1v) is 2.59. The third-order valence-corrected chi connectivity index (χ3v) is 0.730. The van der Waals surface area contributed by atoms with Crippen molar-refractivity contribution in [2.45, 2.75) is 20.3 Å². The largest absolute Gasteiger partial charge is 0.387 e. The molecule has 0 atom stereocenters. The lowest BCUT2D eigenvalue weighted by Crippen LogP contribution is -2.07. The fraction of sp³-hybridized carbons (Fsp3) is 0.500. The average Bonchev–Trinajstić information content (AvgIpc) is 1.61. The zero-order valence-electron chi connectivity index (χ0n) is 5.36. The number of hydrogen-bond acceptors (Lipinski definition) is 1. The van der Waals surface area contributed by atoms with Gasteiger partial charge < -0.3 is 5.73 Å². The normalized spacial score (nSPS) is 8.25. The van der Waals surface area contributed by atoms with Gasteiger partial charge in [-0.05, 0) is 13.8 Å². The summed E-state index contributed by atoms with van der Waals surface area (Å²) in [4.78, 5) is 0. The Balaban J connectivity index is 3.45. The van der Waals surface area contributed by atoms with Gasteiger partial charge in [-0.25, -0.2) is 0 Å². The maximum atomic E-state index is 6.82. The van der Waals surface area contributed by atoms with Gasteiger partial charge in [0.1, 0.15) is 0 Å². The van der Waals surface area contributed by atoms with Crippen LogP contribution in [0.2, 0.25) is 0 Å². The second-order valence-corrected chi connectivity index (χ2v) is 2.01. The van der Waals surface area contributed by atoms with E-state index in [1.54, 1.807) is 0 Å². The van der Waals surface area contributed by atoms with Gasteiger partial charge in [0.2, 0.25) is 0 Å². The van der Waals surface area contributed by atoms with Gasteiger partial charge in [-0.15, -0.1) is 0 Å². The van der Waals surface area contributed by atoms with Gasteiger partial charge in [0.15, 0.2) is 0 Å². The first-order chi connectivity index (χ1) is 3.63. The fourth-order valence-corrected chi connectivity index (χ4v) is 0.314. The van der Waals surface area contributed by atoms with Crippen LogP contribution in [-0.4, -0.2) is 5.84 Å². The van der Waals surface area contributed by atoms with Crippen LogP contribution < -0.4 is 5.73 Å². The molecule has 0 amide bonds. The molecule has 0 saturated heterocycles. The predicted octanol–water partition coefficient (Wildman–Crippen LogP) is 1.28. The van der Waals surface area contributed by atoms with E-state index >= 15 is 0 Å². The summed E-state index contributed by atoms with van der Waals surface area (Å²) in [5.41, 5.74) is 6.29. The van der Waals surface area contributed by atoms with Crippen molar-refractivity contribution in [3.05, 3.63) is 11.6 Å². The van der Waals surface area contributed by atoms with Crippen LogP contribution in [0.1, 0.15) is 20.3 Å². The summed E-state index contributed by atoms with van der Waals surface area (Å²) >= 11 is 0. The van der Waals surface area contributed by atoms with Crippen molar-refractivity contribution in [2.75, 3.05) is 0 Å². The molecule has 0 spiro atoms. The highest BCUT2D eigenvalue weighted by molar-refractivity contribution is 5.78. The van der Waals surface area contributed by atoms with Crippen molar-refractivity contribution < 1.29 is 0 Å². The molecule has 0 bridgehead atoms. The summed E-state index contributed by atoms with van der Waals surface area (Å²) in [5.74, 6) is 0.228. The van der Waals surface area contributed by atoms with Crippen LogP contribution in [-0.2, 0) is 0 Å². The van der Waals surface area contributed by atoms with Gasteiger partial charge in [-0.3, -0.25) is 5.41 Å². The average molecular weight is 112 g/mol. The molecule has 0 unspecified atom stereocenters. The maximum absolute atomic E-state index is 6.82. The first kappa shape index (κ1) is 7.21. The topological polar surface area (TPSA) is 49.9 Å². The molecule has 0 radical (unpaired) electrons. The first-order valence-electron chi connectivity index (χ1n) is 2.59. The smallest absolute Gasteiger partial charge is 0.0943 e. The molecular weight excluding hydrogens is 100 g/mol. The molecular formula is C6H12N2. The molecule has 0 fully saturated rings. The molecule has 0 rings (SSSR count). The zero-order valence-corrected chi connectivity index (χ0v) is 5.36. The Morgan fingerprint density at radius 1 is 1.62 bits per heavy atom. The van der Waals surface area contributed by atoms with E-state index in [2.05, 4.69) is 0 Å². The number of amidine groups is 1. The van der Waals surface area contributed by atoms with E-state index < -0.39 is 0 Å². The predicted molar refractivity (Wildman–Crippen MR) is 36.0 cm³/mol. The van der Waals surface area contributed by atoms with E-state index in [0.717, 1.165) is 0 Å². The fourth-order valence-electron chi connectivity index (χ4n) is 0.314. The minimum Gasteiger partial charge on any atom is -0.387 e. The van der Waals surface area contributed by atoms with Crippen molar-refractivity contribution in [1.82, 2.24) is 0 Å². The molecule has 0 aromatic heterocycles. The second kappa shape index (κ2) is 3.24. The molecule has 0 saturated carbocycles. The van der Waals surface area contributed by atoms with E-state index in [9.17, 15) is 0 Å². The van der Waals surface area contributed by atoms with Crippen molar-refractivity contribution in [2.24, 2.45) is 5.73 Å². The molecule has 2 nitrogen and oxygen atoms in total. The summed E-state index contributed by atoms with van der Waals surface area (Å²) in [6.45, 7) is 3.98. The Bertz CT molecular complexity index is 110. The highest BCUT2D eigenvalue weighted by Gasteiger charge is 1.81. The van der Waals surface area contributed by atoms with Gasteiger partial charge >= 0.3 is 0 Å². The second-order valence-electron chi connectivity index (χ2n) is 2.01. The molecule has 0 aromatic rings. The minimum absolute atomic E-state index is 0.228. The number of nitrogens with two attached hydrogens (primary N) is 1. The number of nitrogens with one attached hydrogen (secondary N) is 1. The Kier molecular flexibility index (Phi) is 2.92. The minimum atomic E-state index is 0.228. The molecule has 0 aliphatic heterocycles. The van der Waals surface area contributed by atoms with E-state index in [0.29, 0.717) is 6.42 Å². The highest BCUT2D eigenvalue weighted by atomic mass is 14.7. The molecule has 0 aromatic carbocycles. The van der Waals surface area contributed by atoms with Crippen molar-refractivity contribution in [3.63, 3.8) is 0 Å². The summed E-state index contributed by atoms with van der Waals surface area (Å²) < 4.78 is 0. The summed E-state index contributed by atoms with van der Waals surface area (Å²) in [6.07, 6.45) is 2.52. The number of rotatable bonds is 2. The molecule has 46 valence electrons. The summed E-state index contributed by atoms with van der Waals surface area (Å²) in [7, 11) is 0. The number of allylic oxidation sites excluding steroid dienone is 1. The van der Waals surface area contributed by atoms with Gasteiger partial charge in [0.25, 0.3) is 0 Å². The summed E-state index contributed by atoms with van der Waals surface area (Å²) in [6, 6.07) is 0. The third kappa shape index (κ3) is 5.21. The van der Waals surface area contributed by atoms with E-state index in [1.165, 1.54) is 5.57 Å². The van der Waals surface area contributed by atoms with Gasteiger partial charge in [-0.1, -0.05) is 11.6 Å². The molecule has 0 aliphatic rings. The van der Waals surface area contributed by atoms with Crippen LogP contribution in [0.15, 0.2) is 11.6 Å². The van der Waals surface area contributed by atoms with Crippen LogP contribution in [0.4, 0.5) is 0 Å². The number of hydrogen-bond donors (Lipinski definition) is 2. The lowest BCUT2D eigenvalue weighted by atomic mass is 10.2. The van der Waals surface area contributed by atoms with Crippen LogP contribution in [0.25, 0.3) is 0 Å². The zero-order chi connectivity index (χ0) is 6.57.